The lowest BCUT2D eigenvalue weighted by atomic mass is 10.1. The molecule has 0 bridgehead atoms. The molecule has 1 aromatic rings. The fraction of sp³-hybridized carbons (Fsp3) is 0.667. The van der Waals surface area contributed by atoms with E-state index in [1.165, 1.54) is 0 Å². The molecule has 0 aliphatic carbocycles. The fourth-order valence-electron chi connectivity index (χ4n) is 2.45. The Morgan fingerprint density at radius 1 is 1.43 bits per heavy atom. The van der Waals surface area contributed by atoms with Gasteiger partial charge in [-0.25, -0.2) is 14.8 Å². The molecule has 0 spiro atoms. The largest absolute Gasteiger partial charge is 0.444 e. The van der Waals surface area contributed by atoms with Crippen molar-refractivity contribution in [1.29, 1.82) is 0 Å². The molecule has 2 N–H and O–H groups in total. The van der Waals surface area contributed by atoms with Gasteiger partial charge in [-0.2, -0.15) is 0 Å². The first-order valence-electron chi connectivity index (χ1n) is 7.41. The Morgan fingerprint density at radius 2 is 2.10 bits per heavy atom. The topological polar surface area (TPSA) is 81.3 Å². The van der Waals surface area contributed by atoms with Crippen LogP contribution in [0.2, 0.25) is 0 Å². The number of amides is 1. The lowest BCUT2D eigenvalue weighted by Crippen LogP contribution is -2.36. The van der Waals surface area contributed by atoms with E-state index in [1.54, 1.807) is 17.3 Å². The highest BCUT2D eigenvalue weighted by Gasteiger charge is 2.33. The van der Waals surface area contributed by atoms with Gasteiger partial charge in [-0.05, 0) is 40.2 Å². The van der Waals surface area contributed by atoms with Crippen molar-refractivity contribution in [2.75, 3.05) is 13.1 Å². The van der Waals surface area contributed by atoms with E-state index in [1.807, 2.05) is 20.8 Å². The van der Waals surface area contributed by atoms with Crippen molar-refractivity contribution < 1.29 is 9.53 Å². The molecule has 1 aliphatic rings. The summed E-state index contributed by atoms with van der Waals surface area (Å²) in [6, 6.07) is 0.00627. The summed E-state index contributed by atoms with van der Waals surface area (Å²) in [5, 5.41) is 0. The first-order chi connectivity index (χ1) is 9.90. The van der Waals surface area contributed by atoms with E-state index in [0.717, 1.165) is 24.2 Å². The zero-order chi connectivity index (χ0) is 15.5. The molecule has 1 amide bonds. The van der Waals surface area contributed by atoms with Crippen LogP contribution in [0.5, 0.6) is 0 Å². The molecule has 1 atom stereocenters. The third-order valence-electron chi connectivity index (χ3n) is 3.36. The summed E-state index contributed by atoms with van der Waals surface area (Å²) in [4.78, 5) is 22.7. The van der Waals surface area contributed by atoms with Crippen molar-refractivity contribution in [1.82, 2.24) is 14.9 Å². The van der Waals surface area contributed by atoms with Gasteiger partial charge in [0.2, 0.25) is 0 Å². The number of nitrogens with zero attached hydrogens (tertiary/aromatic N) is 3. The minimum atomic E-state index is -0.480. The maximum atomic E-state index is 12.3. The highest BCUT2D eigenvalue weighted by atomic mass is 16.6. The Balaban J connectivity index is 2.09. The van der Waals surface area contributed by atoms with Crippen LogP contribution in [0.1, 0.15) is 51.0 Å². The molecule has 0 aromatic carbocycles. The van der Waals surface area contributed by atoms with Gasteiger partial charge in [-0.1, -0.05) is 0 Å². The molecule has 1 unspecified atom stereocenters. The van der Waals surface area contributed by atoms with Gasteiger partial charge in [0.1, 0.15) is 11.4 Å². The second-order valence-corrected chi connectivity index (χ2v) is 6.30. The third-order valence-corrected chi connectivity index (χ3v) is 3.36. The van der Waals surface area contributed by atoms with Gasteiger partial charge < -0.3 is 15.4 Å². The maximum absolute atomic E-state index is 12.3. The predicted molar refractivity (Wildman–Crippen MR) is 79.7 cm³/mol. The maximum Gasteiger partial charge on any atom is 0.410 e. The second-order valence-electron chi connectivity index (χ2n) is 6.30. The number of carbonyl (C=O) groups excluding carboxylic acids is 1. The third kappa shape index (κ3) is 4.14. The average Bonchev–Trinajstić information content (AvgIpc) is 2.87. The summed E-state index contributed by atoms with van der Waals surface area (Å²) in [6.45, 7) is 6.87. The molecule has 6 nitrogen and oxygen atoms in total. The van der Waals surface area contributed by atoms with Crippen molar-refractivity contribution in [3.05, 3.63) is 23.8 Å². The number of aromatic nitrogens is 2. The number of carbonyl (C=O) groups is 1. The molecule has 0 saturated carbocycles. The Hall–Kier alpha value is -1.69. The van der Waals surface area contributed by atoms with Crippen LogP contribution in [0.4, 0.5) is 4.79 Å². The zero-order valence-electron chi connectivity index (χ0n) is 13.0. The molecule has 2 rings (SSSR count). The van der Waals surface area contributed by atoms with E-state index in [-0.39, 0.29) is 12.1 Å². The Morgan fingerprint density at radius 3 is 2.67 bits per heavy atom. The van der Waals surface area contributed by atoms with Crippen LogP contribution < -0.4 is 5.73 Å². The standard InChI is InChI=1S/C15H24N4O2/c1-15(2,3)21-14(20)19-8-4-5-12(19)11-9-17-13(6-7-16)18-10-11/h9-10,12H,4-8,16H2,1-3H3. The molecular formula is C15H24N4O2. The van der Waals surface area contributed by atoms with Gasteiger partial charge in [-0.15, -0.1) is 0 Å². The van der Waals surface area contributed by atoms with Crippen LogP contribution in [0.15, 0.2) is 12.4 Å². The number of likely N-dealkylation sites (tertiary alicyclic amines) is 1. The first kappa shape index (κ1) is 15.7. The minimum Gasteiger partial charge on any atom is -0.444 e. The summed E-state index contributed by atoms with van der Waals surface area (Å²) in [6.07, 6.45) is 5.88. The van der Waals surface area contributed by atoms with E-state index < -0.39 is 5.60 Å². The fourth-order valence-corrected chi connectivity index (χ4v) is 2.45. The van der Waals surface area contributed by atoms with E-state index in [2.05, 4.69) is 9.97 Å². The average molecular weight is 292 g/mol. The normalized spacial score (nSPS) is 18.9. The highest BCUT2D eigenvalue weighted by Crippen LogP contribution is 2.32. The molecule has 116 valence electrons. The van der Waals surface area contributed by atoms with Crippen LogP contribution >= 0.6 is 0 Å². The minimum absolute atomic E-state index is 0.00627. The molecule has 1 fully saturated rings. The second kappa shape index (κ2) is 6.39. The van der Waals surface area contributed by atoms with Crippen molar-refractivity contribution in [2.24, 2.45) is 5.73 Å². The molecule has 6 heteroatoms. The van der Waals surface area contributed by atoms with Gasteiger partial charge in [0.25, 0.3) is 0 Å². The van der Waals surface area contributed by atoms with Gasteiger partial charge >= 0.3 is 6.09 Å². The van der Waals surface area contributed by atoms with Crippen LogP contribution in [-0.2, 0) is 11.2 Å². The van der Waals surface area contributed by atoms with Crippen molar-refractivity contribution in [2.45, 2.75) is 51.7 Å². The molecule has 1 aromatic heterocycles. The molecular weight excluding hydrogens is 268 g/mol. The zero-order valence-corrected chi connectivity index (χ0v) is 13.0. The SMILES string of the molecule is CC(C)(C)OC(=O)N1CCCC1c1cnc(CCN)nc1. The van der Waals surface area contributed by atoms with Gasteiger partial charge in [0.15, 0.2) is 0 Å². The summed E-state index contributed by atoms with van der Waals surface area (Å²) in [7, 11) is 0. The molecule has 0 radical (unpaired) electrons. The molecule has 2 heterocycles. The summed E-state index contributed by atoms with van der Waals surface area (Å²) in [5.41, 5.74) is 5.97. The van der Waals surface area contributed by atoms with E-state index in [0.29, 0.717) is 19.5 Å². The highest BCUT2D eigenvalue weighted by molar-refractivity contribution is 5.69. The lowest BCUT2D eigenvalue weighted by Gasteiger charge is -2.28. The van der Waals surface area contributed by atoms with E-state index in [9.17, 15) is 4.79 Å². The van der Waals surface area contributed by atoms with Crippen LogP contribution in [0, 0.1) is 0 Å². The number of ether oxygens (including phenoxy) is 1. The Labute approximate surface area is 125 Å². The Kier molecular flexibility index (Phi) is 4.77. The predicted octanol–water partition coefficient (Wildman–Crippen LogP) is 2.05. The summed E-state index contributed by atoms with van der Waals surface area (Å²) >= 11 is 0. The first-order valence-corrected chi connectivity index (χ1v) is 7.41. The monoisotopic (exact) mass is 292 g/mol. The van der Waals surface area contributed by atoms with Crippen LogP contribution in [0.3, 0.4) is 0 Å². The summed E-state index contributed by atoms with van der Waals surface area (Å²) < 4.78 is 5.47. The number of hydrogen-bond donors (Lipinski definition) is 1. The molecule has 1 saturated heterocycles. The van der Waals surface area contributed by atoms with Crippen LogP contribution in [0.25, 0.3) is 0 Å². The van der Waals surface area contributed by atoms with E-state index >= 15 is 0 Å². The van der Waals surface area contributed by atoms with Gasteiger partial charge in [0, 0.05) is 30.9 Å². The van der Waals surface area contributed by atoms with Crippen molar-refractivity contribution >= 4 is 6.09 Å². The molecule has 1 aliphatic heterocycles. The smallest absolute Gasteiger partial charge is 0.410 e. The number of hydrogen-bond acceptors (Lipinski definition) is 5. The quantitative estimate of drug-likeness (QED) is 0.922. The number of rotatable bonds is 3. The van der Waals surface area contributed by atoms with Gasteiger partial charge in [0.05, 0.1) is 6.04 Å². The Bertz CT molecular complexity index is 481. The van der Waals surface area contributed by atoms with Gasteiger partial charge in [-0.3, -0.25) is 0 Å². The number of nitrogens with two attached hydrogens (primary N) is 1. The summed E-state index contributed by atoms with van der Waals surface area (Å²) in [5.74, 6) is 0.739. The van der Waals surface area contributed by atoms with Crippen molar-refractivity contribution in [3.63, 3.8) is 0 Å². The van der Waals surface area contributed by atoms with Crippen molar-refractivity contribution in [3.8, 4) is 0 Å². The van der Waals surface area contributed by atoms with Crippen LogP contribution in [-0.4, -0.2) is 39.7 Å². The van der Waals surface area contributed by atoms with E-state index in [4.69, 9.17) is 10.5 Å². The molecule has 21 heavy (non-hydrogen) atoms. The lowest BCUT2D eigenvalue weighted by molar-refractivity contribution is 0.0224.